The lowest BCUT2D eigenvalue weighted by Gasteiger charge is -2.29. The molecule has 0 aliphatic carbocycles. The van der Waals surface area contributed by atoms with E-state index in [4.69, 9.17) is 4.74 Å². The predicted molar refractivity (Wildman–Crippen MR) is 123 cm³/mol. The van der Waals surface area contributed by atoms with Gasteiger partial charge < -0.3 is 14.2 Å². The molecule has 0 atom stereocenters. The molecule has 0 radical (unpaired) electrons. The Kier molecular flexibility index (Phi) is 6.09. The van der Waals surface area contributed by atoms with Crippen LogP contribution in [0, 0.1) is 19.7 Å². The Labute approximate surface area is 187 Å². The van der Waals surface area contributed by atoms with E-state index >= 15 is 4.39 Å². The lowest BCUT2D eigenvalue weighted by atomic mass is 10.1. The summed E-state index contributed by atoms with van der Waals surface area (Å²) in [7, 11) is -4.07. The summed E-state index contributed by atoms with van der Waals surface area (Å²) >= 11 is 0. The van der Waals surface area contributed by atoms with Crippen molar-refractivity contribution in [3.8, 4) is 0 Å². The first-order valence-electron chi connectivity index (χ1n) is 10.7. The maximum absolute atomic E-state index is 15.1. The minimum atomic E-state index is -4.07. The van der Waals surface area contributed by atoms with Crippen molar-refractivity contribution >= 4 is 26.4 Å². The summed E-state index contributed by atoms with van der Waals surface area (Å²) in [6.07, 6.45) is 2.13. The van der Waals surface area contributed by atoms with Crippen LogP contribution in [0.15, 0.2) is 51.1 Å². The fourth-order valence-corrected chi connectivity index (χ4v) is 5.81. The number of halogens is 1. The molecule has 1 aromatic heterocycles. The Bertz CT molecular complexity index is 1320. The zero-order chi connectivity index (χ0) is 23.0. The van der Waals surface area contributed by atoms with Crippen LogP contribution in [-0.4, -0.2) is 39.3 Å². The topological polar surface area (TPSA) is 68.6 Å². The van der Waals surface area contributed by atoms with Crippen molar-refractivity contribution in [2.24, 2.45) is 0 Å². The number of sulfone groups is 1. The fraction of sp³-hybridized carbons (Fsp3) is 0.375. The number of ether oxygens (including phenoxy) is 1. The van der Waals surface area contributed by atoms with Gasteiger partial charge in [0.05, 0.1) is 34.7 Å². The molecule has 32 heavy (non-hydrogen) atoms. The second kappa shape index (κ2) is 8.67. The summed E-state index contributed by atoms with van der Waals surface area (Å²) in [6, 6.07) is 7.81. The van der Waals surface area contributed by atoms with Crippen LogP contribution in [0.1, 0.15) is 24.5 Å². The number of aryl methyl sites for hydroxylation is 3. The van der Waals surface area contributed by atoms with E-state index in [1.807, 2.05) is 31.7 Å². The summed E-state index contributed by atoms with van der Waals surface area (Å²) in [6.45, 7) is 8.21. The molecule has 1 saturated heterocycles. The highest BCUT2D eigenvalue weighted by Crippen LogP contribution is 2.28. The predicted octanol–water partition coefficient (Wildman–Crippen LogP) is 3.84. The molecule has 0 bridgehead atoms. The summed E-state index contributed by atoms with van der Waals surface area (Å²) in [5.74, 6) is -0.541. The highest BCUT2D eigenvalue weighted by Gasteiger charge is 2.26. The van der Waals surface area contributed by atoms with Gasteiger partial charge in [0, 0.05) is 25.8 Å². The Hall–Kier alpha value is -2.71. The van der Waals surface area contributed by atoms with Crippen molar-refractivity contribution in [3.05, 3.63) is 63.7 Å². The number of benzene rings is 2. The molecule has 4 rings (SSSR count). The molecule has 1 fully saturated rings. The number of nitrogens with zero attached hydrogens (tertiary/aromatic N) is 2. The minimum Gasteiger partial charge on any atom is -0.378 e. The number of fused-ring (bicyclic) bond motifs is 1. The number of hydrogen-bond acceptors (Lipinski definition) is 5. The molecule has 2 heterocycles. The van der Waals surface area contributed by atoms with Crippen molar-refractivity contribution in [1.29, 1.82) is 0 Å². The average molecular weight is 459 g/mol. The number of morpholine rings is 1. The van der Waals surface area contributed by atoms with Crippen LogP contribution < -0.4 is 10.3 Å². The number of anilines is 1. The third-order valence-corrected chi connectivity index (χ3v) is 7.45. The number of hydrogen-bond donors (Lipinski definition) is 0. The number of aromatic nitrogens is 1. The van der Waals surface area contributed by atoms with Crippen molar-refractivity contribution < 1.29 is 17.5 Å². The van der Waals surface area contributed by atoms with Gasteiger partial charge >= 0.3 is 0 Å². The van der Waals surface area contributed by atoms with Gasteiger partial charge in [-0.05, 0) is 55.7 Å². The first-order valence-corrected chi connectivity index (χ1v) is 12.2. The van der Waals surface area contributed by atoms with Gasteiger partial charge in [-0.15, -0.1) is 0 Å². The first kappa shape index (κ1) is 22.5. The van der Waals surface area contributed by atoms with E-state index in [1.165, 1.54) is 12.3 Å². The second-order valence-electron chi connectivity index (χ2n) is 8.26. The quantitative estimate of drug-likeness (QED) is 0.581. The van der Waals surface area contributed by atoms with Crippen LogP contribution in [0.2, 0.25) is 0 Å². The third kappa shape index (κ3) is 4.04. The van der Waals surface area contributed by atoms with Crippen molar-refractivity contribution in [1.82, 2.24) is 4.57 Å². The standard InChI is InChI=1S/C24H27FN2O4S/c1-4-5-27-15-23(32(29,30)18-11-16(2)10-17(3)12-18)24(28)19-13-20(25)22(14-21(19)27)26-6-8-31-9-7-26/h10-15H,4-9H2,1-3H3. The molecular weight excluding hydrogens is 431 g/mol. The SMILES string of the molecule is CCCn1cc(S(=O)(=O)c2cc(C)cc(C)c2)c(=O)c2cc(F)c(N3CCOCC3)cc21. The van der Waals surface area contributed by atoms with Crippen LogP contribution in [0.5, 0.6) is 0 Å². The van der Waals surface area contributed by atoms with E-state index in [0.29, 0.717) is 44.1 Å². The van der Waals surface area contributed by atoms with Gasteiger partial charge in [0.15, 0.2) is 0 Å². The van der Waals surface area contributed by atoms with Gasteiger partial charge in [-0.2, -0.15) is 0 Å². The average Bonchev–Trinajstić information content (AvgIpc) is 2.75. The molecule has 170 valence electrons. The van der Waals surface area contributed by atoms with E-state index in [9.17, 15) is 13.2 Å². The van der Waals surface area contributed by atoms with Gasteiger partial charge in [0.1, 0.15) is 10.7 Å². The minimum absolute atomic E-state index is 0.0680. The monoisotopic (exact) mass is 458 g/mol. The van der Waals surface area contributed by atoms with E-state index in [0.717, 1.165) is 17.5 Å². The fourth-order valence-electron chi connectivity index (χ4n) is 4.25. The van der Waals surface area contributed by atoms with Gasteiger partial charge in [0.2, 0.25) is 15.3 Å². The van der Waals surface area contributed by atoms with Crippen LogP contribution in [0.4, 0.5) is 10.1 Å². The molecular formula is C24H27FN2O4S. The Balaban J connectivity index is 1.95. The number of pyridine rings is 1. The highest BCUT2D eigenvalue weighted by molar-refractivity contribution is 7.91. The third-order valence-electron chi connectivity index (χ3n) is 5.73. The Morgan fingerprint density at radius 1 is 1.03 bits per heavy atom. The molecule has 8 heteroatoms. The molecule has 0 N–H and O–H groups in total. The molecule has 2 aromatic carbocycles. The zero-order valence-electron chi connectivity index (χ0n) is 18.5. The van der Waals surface area contributed by atoms with Crippen LogP contribution in [0.3, 0.4) is 0 Å². The molecule has 0 saturated carbocycles. The zero-order valence-corrected chi connectivity index (χ0v) is 19.3. The molecule has 1 aliphatic rings. The second-order valence-corrected chi connectivity index (χ2v) is 10.2. The maximum atomic E-state index is 15.1. The first-order chi connectivity index (χ1) is 15.2. The van der Waals surface area contributed by atoms with Gasteiger partial charge in [0.25, 0.3) is 0 Å². The highest BCUT2D eigenvalue weighted by atomic mass is 32.2. The largest absolute Gasteiger partial charge is 0.378 e. The van der Waals surface area contributed by atoms with Crippen LogP contribution in [-0.2, 0) is 21.1 Å². The van der Waals surface area contributed by atoms with Crippen LogP contribution >= 0.6 is 0 Å². The van der Waals surface area contributed by atoms with Gasteiger partial charge in [-0.1, -0.05) is 13.0 Å². The van der Waals surface area contributed by atoms with Crippen LogP contribution in [0.25, 0.3) is 10.9 Å². The Morgan fingerprint density at radius 3 is 2.31 bits per heavy atom. The normalized spacial score (nSPS) is 14.8. The van der Waals surface area contributed by atoms with E-state index in [1.54, 1.807) is 22.8 Å². The van der Waals surface area contributed by atoms with Crippen molar-refractivity contribution in [3.63, 3.8) is 0 Å². The van der Waals surface area contributed by atoms with Crippen molar-refractivity contribution in [2.75, 3.05) is 31.2 Å². The summed E-state index contributed by atoms with van der Waals surface area (Å²) in [5, 5.41) is 0.0680. The summed E-state index contributed by atoms with van der Waals surface area (Å²) in [4.78, 5) is 14.9. The van der Waals surface area contributed by atoms with E-state index in [2.05, 4.69) is 0 Å². The van der Waals surface area contributed by atoms with Gasteiger partial charge in [-0.25, -0.2) is 12.8 Å². The van der Waals surface area contributed by atoms with E-state index < -0.39 is 21.1 Å². The Morgan fingerprint density at radius 2 is 1.69 bits per heavy atom. The van der Waals surface area contributed by atoms with E-state index in [-0.39, 0.29) is 15.2 Å². The van der Waals surface area contributed by atoms with Gasteiger partial charge in [-0.3, -0.25) is 4.79 Å². The lowest BCUT2D eigenvalue weighted by molar-refractivity contribution is 0.122. The van der Waals surface area contributed by atoms with Crippen molar-refractivity contribution in [2.45, 2.75) is 43.5 Å². The molecule has 0 amide bonds. The molecule has 3 aromatic rings. The molecule has 6 nitrogen and oxygen atoms in total. The smallest absolute Gasteiger partial charge is 0.211 e. The summed E-state index contributed by atoms with van der Waals surface area (Å²) in [5.41, 5.74) is 1.83. The molecule has 1 aliphatic heterocycles. The maximum Gasteiger partial charge on any atom is 0.211 e. The summed E-state index contributed by atoms with van der Waals surface area (Å²) < 4.78 is 49.0. The molecule has 0 spiro atoms. The molecule has 0 unspecified atom stereocenters. The number of rotatable bonds is 5. The lowest BCUT2D eigenvalue weighted by Crippen LogP contribution is -2.36.